The van der Waals surface area contributed by atoms with E-state index in [9.17, 15) is 13.5 Å². The summed E-state index contributed by atoms with van der Waals surface area (Å²) in [6, 6.07) is 0. The number of aromatic nitrogens is 4. The number of aliphatic hydroxyl groups is 1. The molecule has 21 heavy (non-hydrogen) atoms. The second-order valence-electron chi connectivity index (χ2n) is 5.58. The molecule has 1 fully saturated rings. The third-order valence-corrected chi connectivity index (χ3v) is 6.30. The zero-order chi connectivity index (χ0) is 15.5. The van der Waals surface area contributed by atoms with E-state index >= 15 is 0 Å². The largest absolute Gasteiger partial charge is 0.391 e. The Labute approximate surface area is 128 Å². The molecule has 1 saturated heterocycles. The highest BCUT2D eigenvalue weighted by atomic mass is 32.2. The molecule has 2 N–H and O–H groups in total. The Hall–Kier alpha value is -0.710. The summed E-state index contributed by atoms with van der Waals surface area (Å²) < 4.78 is 24.6. The smallest absolute Gasteiger partial charge is 0.209 e. The third kappa shape index (κ3) is 4.90. The van der Waals surface area contributed by atoms with Gasteiger partial charge in [0.15, 0.2) is 9.84 Å². The second-order valence-corrected chi connectivity index (χ2v) is 8.94. The van der Waals surface area contributed by atoms with E-state index in [0.717, 1.165) is 13.1 Å². The van der Waals surface area contributed by atoms with Crippen molar-refractivity contribution in [2.75, 3.05) is 24.6 Å². The Balaban J connectivity index is 1.89. The molecule has 2 unspecified atom stereocenters. The van der Waals surface area contributed by atoms with E-state index in [1.807, 2.05) is 0 Å². The molecular weight excluding hydrogens is 314 g/mol. The summed E-state index contributed by atoms with van der Waals surface area (Å²) in [5.74, 6) is 0.367. The monoisotopic (exact) mass is 335 g/mol. The first-order valence-electron chi connectivity index (χ1n) is 6.89. The van der Waals surface area contributed by atoms with Gasteiger partial charge in [-0.15, -0.1) is 5.10 Å². The normalized spacial score (nSPS) is 24.8. The van der Waals surface area contributed by atoms with Crippen LogP contribution in [0, 0.1) is 5.92 Å². The van der Waals surface area contributed by atoms with Crippen molar-refractivity contribution >= 4 is 21.6 Å². The fourth-order valence-electron chi connectivity index (χ4n) is 2.04. The second kappa shape index (κ2) is 7.03. The number of hydrogen-bond acceptors (Lipinski definition) is 8. The molecular formula is C11H21N5O3S2. The van der Waals surface area contributed by atoms with Crippen LogP contribution < -0.4 is 5.32 Å². The molecule has 0 aromatic carbocycles. The first-order chi connectivity index (χ1) is 9.87. The van der Waals surface area contributed by atoms with Crippen LogP contribution in [0.2, 0.25) is 0 Å². The minimum atomic E-state index is -3.15. The predicted octanol–water partition coefficient (Wildman–Crippen LogP) is -0.831. The highest BCUT2D eigenvalue weighted by Crippen LogP contribution is 2.29. The molecule has 120 valence electrons. The lowest BCUT2D eigenvalue weighted by atomic mass is 10.2. The lowest BCUT2D eigenvalue weighted by Crippen LogP contribution is -2.25. The molecule has 1 aromatic rings. The van der Waals surface area contributed by atoms with E-state index in [0.29, 0.717) is 17.6 Å². The third-order valence-electron chi connectivity index (χ3n) is 3.08. The standard InChI is InChI=1S/C11H21N5O3S2/c1-8(2)5-12-3-4-16-11(13-14-15-16)20-10-7-21(18,19)6-9(10)17/h8-10,12,17H,3-7H2,1-2H3. The number of nitrogens with one attached hydrogen (secondary N) is 1. The minimum Gasteiger partial charge on any atom is -0.391 e. The van der Waals surface area contributed by atoms with E-state index in [-0.39, 0.29) is 11.5 Å². The Morgan fingerprint density at radius 1 is 1.48 bits per heavy atom. The van der Waals surface area contributed by atoms with Gasteiger partial charge in [0.2, 0.25) is 5.16 Å². The van der Waals surface area contributed by atoms with Crippen LogP contribution in [0.3, 0.4) is 0 Å². The summed E-state index contributed by atoms with van der Waals surface area (Å²) in [7, 11) is -3.15. The molecule has 2 heterocycles. The molecule has 10 heteroatoms. The predicted molar refractivity (Wildman–Crippen MR) is 79.8 cm³/mol. The molecule has 0 bridgehead atoms. The molecule has 0 aliphatic carbocycles. The van der Waals surface area contributed by atoms with Gasteiger partial charge in [0.1, 0.15) is 0 Å². The number of tetrazole rings is 1. The van der Waals surface area contributed by atoms with Crippen LogP contribution in [0.25, 0.3) is 0 Å². The Kier molecular flexibility index (Phi) is 5.58. The minimum absolute atomic E-state index is 0.0305. The average molecular weight is 335 g/mol. The first kappa shape index (κ1) is 16.7. The van der Waals surface area contributed by atoms with Crippen LogP contribution >= 0.6 is 11.8 Å². The van der Waals surface area contributed by atoms with Gasteiger partial charge in [0, 0.05) is 6.54 Å². The van der Waals surface area contributed by atoms with E-state index in [2.05, 4.69) is 34.7 Å². The number of thioether (sulfide) groups is 1. The molecule has 1 aromatic heterocycles. The zero-order valence-electron chi connectivity index (χ0n) is 12.1. The summed E-state index contributed by atoms with van der Waals surface area (Å²) >= 11 is 1.23. The van der Waals surface area contributed by atoms with Crippen LogP contribution in [-0.4, -0.2) is 69.7 Å². The molecule has 0 amide bonds. The quantitative estimate of drug-likeness (QED) is 0.621. The number of aliphatic hydroxyl groups excluding tert-OH is 1. The molecule has 1 aliphatic rings. The fraction of sp³-hybridized carbons (Fsp3) is 0.909. The summed E-state index contributed by atoms with van der Waals surface area (Å²) in [6.07, 6.45) is -0.857. The zero-order valence-corrected chi connectivity index (χ0v) is 13.8. The van der Waals surface area contributed by atoms with Gasteiger partial charge in [-0.3, -0.25) is 0 Å². The van der Waals surface area contributed by atoms with Crippen LogP contribution in [0.1, 0.15) is 13.8 Å². The number of nitrogens with zero attached hydrogens (tertiary/aromatic N) is 4. The number of sulfone groups is 1. The summed E-state index contributed by atoms with van der Waals surface area (Å²) in [6.45, 7) is 6.53. The van der Waals surface area contributed by atoms with Gasteiger partial charge in [-0.1, -0.05) is 25.6 Å². The average Bonchev–Trinajstić information content (AvgIpc) is 2.90. The molecule has 2 rings (SSSR count). The lowest BCUT2D eigenvalue weighted by molar-refractivity contribution is 0.207. The van der Waals surface area contributed by atoms with Gasteiger partial charge in [0.05, 0.1) is 29.4 Å². The maximum absolute atomic E-state index is 11.5. The van der Waals surface area contributed by atoms with Gasteiger partial charge in [-0.05, 0) is 22.9 Å². The van der Waals surface area contributed by atoms with Crippen molar-refractivity contribution in [3.8, 4) is 0 Å². The van der Waals surface area contributed by atoms with Crippen molar-refractivity contribution in [3.63, 3.8) is 0 Å². The van der Waals surface area contributed by atoms with Crippen molar-refractivity contribution < 1.29 is 13.5 Å². The van der Waals surface area contributed by atoms with E-state index in [4.69, 9.17) is 0 Å². The van der Waals surface area contributed by atoms with Crippen molar-refractivity contribution in [1.29, 1.82) is 0 Å². The molecule has 1 aliphatic heterocycles. The van der Waals surface area contributed by atoms with Crippen LogP contribution in [-0.2, 0) is 16.4 Å². The lowest BCUT2D eigenvalue weighted by Gasteiger charge is -2.12. The van der Waals surface area contributed by atoms with E-state index in [1.165, 1.54) is 11.8 Å². The van der Waals surface area contributed by atoms with Crippen LogP contribution in [0.5, 0.6) is 0 Å². The van der Waals surface area contributed by atoms with Gasteiger partial charge in [0.25, 0.3) is 0 Å². The van der Waals surface area contributed by atoms with Crippen LogP contribution in [0.15, 0.2) is 5.16 Å². The number of rotatable bonds is 7. The van der Waals surface area contributed by atoms with Gasteiger partial charge < -0.3 is 10.4 Å². The van der Waals surface area contributed by atoms with E-state index < -0.39 is 21.2 Å². The topological polar surface area (TPSA) is 110 Å². The first-order valence-corrected chi connectivity index (χ1v) is 9.59. The molecule has 0 saturated carbocycles. The van der Waals surface area contributed by atoms with Gasteiger partial charge in [-0.2, -0.15) is 0 Å². The highest BCUT2D eigenvalue weighted by Gasteiger charge is 2.38. The Morgan fingerprint density at radius 3 is 2.86 bits per heavy atom. The molecule has 0 spiro atoms. The Morgan fingerprint density at radius 2 is 2.24 bits per heavy atom. The van der Waals surface area contributed by atoms with Gasteiger partial charge >= 0.3 is 0 Å². The SMILES string of the molecule is CC(C)CNCCn1nnnc1SC1CS(=O)(=O)CC1O. The van der Waals surface area contributed by atoms with Crippen molar-refractivity contribution in [1.82, 2.24) is 25.5 Å². The maximum Gasteiger partial charge on any atom is 0.209 e. The van der Waals surface area contributed by atoms with Crippen molar-refractivity contribution in [2.24, 2.45) is 5.92 Å². The highest BCUT2D eigenvalue weighted by molar-refractivity contribution is 8.01. The van der Waals surface area contributed by atoms with E-state index in [1.54, 1.807) is 4.68 Å². The summed E-state index contributed by atoms with van der Waals surface area (Å²) in [5, 5.41) is 24.7. The summed E-state index contributed by atoms with van der Waals surface area (Å²) in [4.78, 5) is 0. The van der Waals surface area contributed by atoms with Crippen molar-refractivity contribution in [3.05, 3.63) is 0 Å². The summed E-state index contributed by atoms with van der Waals surface area (Å²) in [5.41, 5.74) is 0. The molecule has 8 nitrogen and oxygen atoms in total. The van der Waals surface area contributed by atoms with Crippen LogP contribution in [0.4, 0.5) is 0 Å². The maximum atomic E-state index is 11.5. The van der Waals surface area contributed by atoms with Gasteiger partial charge in [-0.25, -0.2) is 13.1 Å². The Bertz CT molecular complexity index is 560. The molecule has 2 atom stereocenters. The molecule has 0 radical (unpaired) electrons. The number of hydrogen-bond donors (Lipinski definition) is 2. The fourth-order valence-corrected chi connectivity index (χ4v) is 5.53. The van der Waals surface area contributed by atoms with Crippen molar-refractivity contribution in [2.45, 2.75) is 36.9 Å².